The van der Waals surface area contributed by atoms with Crippen molar-refractivity contribution in [1.29, 1.82) is 0 Å². The summed E-state index contributed by atoms with van der Waals surface area (Å²) >= 11 is 3.24. The highest BCUT2D eigenvalue weighted by atomic mass is 79.9. The molecular weight excluding hydrogens is 364 g/mol. The molecule has 0 aliphatic rings. The molecule has 1 aromatic carbocycles. The minimum atomic E-state index is -2.89. The van der Waals surface area contributed by atoms with E-state index in [9.17, 15) is 18.9 Å². The minimum absolute atomic E-state index is 0.0183. The molecule has 1 heterocycles. The summed E-state index contributed by atoms with van der Waals surface area (Å²) in [6.45, 7) is -2.56. The Kier molecular flexibility index (Phi) is 5.21. The summed E-state index contributed by atoms with van der Waals surface area (Å²) in [5, 5.41) is 13.7. The molecule has 0 saturated heterocycles. The van der Waals surface area contributed by atoms with Gasteiger partial charge in [0.25, 0.3) is 5.69 Å². The molecule has 2 aromatic rings. The number of hydrogen-bond donors (Lipinski definition) is 1. The number of nitro groups is 1. The molecule has 0 aliphatic heterocycles. The SMILES string of the molecule is O=[N+]([O-])c1ccc(NCc2ccc(OC(F)F)cn2)c(Br)c1. The standard InChI is InChI=1S/C13H10BrF2N3O3/c14-11-5-9(19(20)21)2-4-12(11)18-6-8-1-3-10(7-17-8)22-13(15)16/h1-5,7,13,18H,6H2. The molecule has 0 aliphatic carbocycles. The van der Waals surface area contributed by atoms with Crippen LogP contribution in [0.4, 0.5) is 20.2 Å². The monoisotopic (exact) mass is 373 g/mol. The molecule has 22 heavy (non-hydrogen) atoms. The van der Waals surface area contributed by atoms with Gasteiger partial charge in [0.2, 0.25) is 0 Å². The Morgan fingerprint density at radius 3 is 2.68 bits per heavy atom. The zero-order chi connectivity index (χ0) is 16.1. The lowest BCUT2D eigenvalue weighted by atomic mass is 10.2. The molecule has 0 bridgehead atoms. The first kappa shape index (κ1) is 16.1. The topological polar surface area (TPSA) is 77.3 Å². The summed E-state index contributed by atoms with van der Waals surface area (Å²) in [5.74, 6) is -0.0183. The lowest BCUT2D eigenvalue weighted by Gasteiger charge is -2.09. The van der Waals surface area contributed by atoms with Gasteiger partial charge in [0.1, 0.15) is 5.75 Å². The van der Waals surface area contributed by atoms with E-state index >= 15 is 0 Å². The van der Waals surface area contributed by atoms with Crippen LogP contribution < -0.4 is 10.1 Å². The van der Waals surface area contributed by atoms with Gasteiger partial charge in [0.15, 0.2) is 0 Å². The van der Waals surface area contributed by atoms with E-state index in [1.165, 1.54) is 24.4 Å². The van der Waals surface area contributed by atoms with Gasteiger partial charge in [-0.25, -0.2) is 0 Å². The number of aromatic nitrogens is 1. The highest BCUT2D eigenvalue weighted by Crippen LogP contribution is 2.27. The van der Waals surface area contributed by atoms with Crippen molar-refractivity contribution in [2.45, 2.75) is 13.2 Å². The van der Waals surface area contributed by atoms with Crippen molar-refractivity contribution in [2.75, 3.05) is 5.32 Å². The molecule has 0 fully saturated rings. The van der Waals surface area contributed by atoms with E-state index in [0.29, 0.717) is 22.4 Å². The van der Waals surface area contributed by atoms with Crippen LogP contribution in [0.1, 0.15) is 5.69 Å². The zero-order valence-corrected chi connectivity index (χ0v) is 12.6. The lowest BCUT2D eigenvalue weighted by molar-refractivity contribution is -0.384. The molecule has 116 valence electrons. The van der Waals surface area contributed by atoms with E-state index in [0.717, 1.165) is 0 Å². The summed E-state index contributed by atoms with van der Waals surface area (Å²) < 4.78 is 28.8. The van der Waals surface area contributed by atoms with Gasteiger partial charge >= 0.3 is 6.61 Å². The van der Waals surface area contributed by atoms with Crippen molar-refractivity contribution in [3.05, 3.63) is 56.8 Å². The second kappa shape index (κ2) is 7.12. The Hall–Kier alpha value is -2.29. The number of nitrogens with one attached hydrogen (secondary N) is 1. The molecule has 0 radical (unpaired) electrons. The minimum Gasteiger partial charge on any atom is -0.433 e. The number of non-ortho nitro benzene ring substituents is 1. The zero-order valence-electron chi connectivity index (χ0n) is 11.0. The van der Waals surface area contributed by atoms with Crippen LogP contribution in [0.15, 0.2) is 41.0 Å². The van der Waals surface area contributed by atoms with E-state index in [-0.39, 0.29) is 11.4 Å². The molecule has 0 amide bonds. The van der Waals surface area contributed by atoms with Crippen LogP contribution in [0, 0.1) is 10.1 Å². The maximum atomic E-state index is 12.0. The smallest absolute Gasteiger partial charge is 0.387 e. The van der Waals surface area contributed by atoms with E-state index < -0.39 is 11.5 Å². The van der Waals surface area contributed by atoms with Crippen molar-refractivity contribution in [1.82, 2.24) is 4.98 Å². The van der Waals surface area contributed by atoms with Gasteiger partial charge in [0.05, 0.1) is 23.4 Å². The van der Waals surface area contributed by atoms with Crippen LogP contribution in [-0.2, 0) is 6.54 Å². The van der Waals surface area contributed by atoms with Crippen molar-refractivity contribution in [3.8, 4) is 5.75 Å². The fourth-order valence-corrected chi connectivity index (χ4v) is 2.14. The highest BCUT2D eigenvalue weighted by Gasteiger charge is 2.09. The third-order valence-corrected chi connectivity index (χ3v) is 3.30. The molecular formula is C13H10BrF2N3O3. The number of ether oxygens (including phenoxy) is 1. The predicted molar refractivity (Wildman–Crippen MR) is 79.0 cm³/mol. The Bertz CT molecular complexity index is 668. The first-order valence-corrected chi connectivity index (χ1v) is 6.82. The molecule has 0 saturated carbocycles. The van der Waals surface area contributed by atoms with Gasteiger partial charge in [-0.2, -0.15) is 8.78 Å². The quantitative estimate of drug-likeness (QED) is 0.612. The van der Waals surface area contributed by atoms with Gasteiger partial charge in [-0.15, -0.1) is 0 Å². The maximum absolute atomic E-state index is 12.0. The van der Waals surface area contributed by atoms with Gasteiger partial charge < -0.3 is 10.1 Å². The van der Waals surface area contributed by atoms with E-state index in [4.69, 9.17) is 0 Å². The first-order chi connectivity index (χ1) is 10.5. The number of pyridine rings is 1. The number of nitro benzene ring substituents is 1. The molecule has 1 aromatic heterocycles. The Balaban J connectivity index is 1.99. The Labute approximate surface area is 132 Å². The molecule has 1 N–H and O–H groups in total. The van der Waals surface area contributed by atoms with Crippen LogP contribution in [0.2, 0.25) is 0 Å². The number of hydrogen-bond acceptors (Lipinski definition) is 5. The second-order valence-corrected chi connectivity index (χ2v) is 4.99. The number of alkyl halides is 2. The maximum Gasteiger partial charge on any atom is 0.387 e. The average Bonchev–Trinajstić information content (AvgIpc) is 2.46. The molecule has 9 heteroatoms. The summed E-state index contributed by atoms with van der Waals surface area (Å²) in [7, 11) is 0. The number of nitrogens with zero attached hydrogens (tertiary/aromatic N) is 2. The van der Waals surface area contributed by atoms with Crippen LogP contribution in [-0.4, -0.2) is 16.5 Å². The number of benzene rings is 1. The Morgan fingerprint density at radius 1 is 1.36 bits per heavy atom. The van der Waals surface area contributed by atoms with Gasteiger partial charge in [-0.05, 0) is 34.1 Å². The van der Waals surface area contributed by atoms with E-state index in [1.807, 2.05) is 0 Å². The average molecular weight is 374 g/mol. The normalized spacial score (nSPS) is 10.5. The van der Waals surface area contributed by atoms with E-state index in [1.54, 1.807) is 12.1 Å². The first-order valence-electron chi connectivity index (χ1n) is 6.03. The summed E-state index contributed by atoms with van der Waals surface area (Å²) in [5.41, 5.74) is 1.23. The van der Waals surface area contributed by atoms with E-state index in [2.05, 4.69) is 31.0 Å². The van der Waals surface area contributed by atoms with Crippen LogP contribution in [0.25, 0.3) is 0 Å². The Morgan fingerprint density at radius 2 is 2.14 bits per heavy atom. The van der Waals surface area contributed by atoms with Crippen LogP contribution in [0.5, 0.6) is 5.75 Å². The van der Waals surface area contributed by atoms with Gasteiger partial charge in [-0.3, -0.25) is 15.1 Å². The van der Waals surface area contributed by atoms with Gasteiger partial charge in [0, 0.05) is 22.3 Å². The van der Waals surface area contributed by atoms with Crippen molar-refractivity contribution in [3.63, 3.8) is 0 Å². The third-order valence-electron chi connectivity index (χ3n) is 2.65. The summed E-state index contributed by atoms with van der Waals surface area (Å²) in [4.78, 5) is 14.1. The summed E-state index contributed by atoms with van der Waals surface area (Å²) in [6, 6.07) is 7.26. The fourth-order valence-electron chi connectivity index (χ4n) is 1.63. The molecule has 2 rings (SSSR count). The second-order valence-electron chi connectivity index (χ2n) is 4.14. The molecule has 0 spiro atoms. The largest absolute Gasteiger partial charge is 0.433 e. The fraction of sp³-hybridized carbons (Fsp3) is 0.154. The molecule has 0 atom stereocenters. The molecule has 6 nitrogen and oxygen atoms in total. The van der Waals surface area contributed by atoms with Crippen LogP contribution in [0.3, 0.4) is 0 Å². The summed E-state index contributed by atoms with van der Waals surface area (Å²) in [6.07, 6.45) is 1.20. The van der Waals surface area contributed by atoms with Crippen molar-refractivity contribution < 1.29 is 18.4 Å². The van der Waals surface area contributed by atoms with Crippen molar-refractivity contribution >= 4 is 27.3 Å². The lowest BCUT2D eigenvalue weighted by Crippen LogP contribution is -2.05. The van der Waals surface area contributed by atoms with Crippen molar-refractivity contribution in [2.24, 2.45) is 0 Å². The molecule has 0 unspecified atom stereocenters. The van der Waals surface area contributed by atoms with Gasteiger partial charge in [-0.1, -0.05) is 0 Å². The predicted octanol–water partition coefficient (Wildman–Crippen LogP) is 3.97. The third kappa shape index (κ3) is 4.35. The highest BCUT2D eigenvalue weighted by molar-refractivity contribution is 9.10. The van der Waals surface area contributed by atoms with Crippen LogP contribution >= 0.6 is 15.9 Å². The number of rotatable bonds is 6. The number of halogens is 3. The number of anilines is 1.